The van der Waals surface area contributed by atoms with Crippen LogP contribution in [0.4, 0.5) is 0 Å². The van der Waals surface area contributed by atoms with E-state index in [0.717, 1.165) is 5.56 Å². The van der Waals surface area contributed by atoms with Crippen LogP contribution in [0.15, 0.2) is 70.9 Å². The van der Waals surface area contributed by atoms with Crippen LogP contribution in [0.1, 0.15) is 42.3 Å². The van der Waals surface area contributed by atoms with Crippen molar-refractivity contribution in [2.45, 2.75) is 39.5 Å². The number of furan rings is 1. The van der Waals surface area contributed by atoms with Gasteiger partial charge in [-0.1, -0.05) is 23.7 Å². The van der Waals surface area contributed by atoms with E-state index in [-0.39, 0.29) is 24.0 Å². The molecule has 1 aliphatic rings. The number of ether oxygens (including phenoxy) is 1. The smallest absolute Gasteiger partial charge is 0.296 e. The van der Waals surface area contributed by atoms with Gasteiger partial charge in [0.1, 0.15) is 17.3 Å². The number of nitrogens with zero attached hydrogens (tertiary/aromatic N) is 1. The minimum absolute atomic E-state index is 0.0000214. The molecule has 170 valence electrons. The number of likely N-dealkylation sites (tertiary alicyclic amines) is 1. The van der Waals surface area contributed by atoms with Gasteiger partial charge in [-0.15, -0.1) is 0 Å². The Bertz CT molecular complexity index is 1210. The lowest BCUT2D eigenvalue weighted by Gasteiger charge is -2.24. The molecule has 4 rings (SSSR count). The Kier molecular flexibility index (Phi) is 6.29. The van der Waals surface area contributed by atoms with E-state index >= 15 is 0 Å². The van der Waals surface area contributed by atoms with Crippen molar-refractivity contribution in [3.8, 4) is 5.75 Å². The molecule has 2 aromatic carbocycles. The van der Waals surface area contributed by atoms with Crippen LogP contribution in [-0.4, -0.2) is 27.8 Å². The van der Waals surface area contributed by atoms with E-state index in [1.165, 1.54) is 11.2 Å². The fourth-order valence-corrected chi connectivity index (χ4v) is 4.07. The van der Waals surface area contributed by atoms with Gasteiger partial charge < -0.3 is 19.2 Å². The molecule has 7 heteroatoms. The van der Waals surface area contributed by atoms with Gasteiger partial charge in [0.2, 0.25) is 0 Å². The van der Waals surface area contributed by atoms with Gasteiger partial charge >= 0.3 is 0 Å². The highest BCUT2D eigenvalue weighted by Gasteiger charge is 2.46. The maximum absolute atomic E-state index is 13.1. The summed E-state index contributed by atoms with van der Waals surface area (Å²) in [6, 6.07) is 14.7. The number of benzene rings is 2. The summed E-state index contributed by atoms with van der Waals surface area (Å²) in [4.78, 5) is 27.5. The molecule has 1 N–H and O–H groups in total. The van der Waals surface area contributed by atoms with E-state index in [1.54, 1.807) is 54.6 Å². The van der Waals surface area contributed by atoms with Crippen LogP contribution in [0, 0.1) is 6.92 Å². The zero-order valence-corrected chi connectivity index (χ0v) is 19.3. The Morgan fingerprint density at radius 3 is 2.48 bits per heavy atom. The van der Waals surface area contributed by atoms with E-state index in [0.29, 0.717) is 27.7 Å². The Hall–Kier alpha value is -3.51. The third-order valence-corrected chi connectivity index (χ3v) is 5.70. The molecule has 0 spiro atoms. The van der Waals surface area contributed by atoms with E-state index < -0.39 is 17.7 Å². The first kappa shape index (κ1) is 22.7. The van der Waals surface area contributed by atoms with E-state index in [4.69, 9.17) is 20.8 Å². The molecule has 33 heavy (non-hydrogen) atoms. The molecule has 1 aliphatic heterocycles. The summed E-state index contributed by atoms with van der Waals surface area (Å²) in [5.74, 6) is -0.478. The molecule has 0 saturated carbocycles. The highest BCUT2D eigenvalue weighted by atomic mass is 35.5. The van der Waals surface area contributed by atoms with Gasteiger partial charge in [0, 0.05) is 10.6 Å². The number of aryl methyl sites for hydroxylation is 1. The van der Waals surface area contributed by atoms with Crippen molar-refractivity contribution in [3.05, 3.63) is 93.9 Å². The van der Waals surface area contributed by atoms with Crippen molar-refractivity contribution < 1.29 is 23.8 Å². The molecule has 1 saturated heterocycles. The number of aliphatic hydroxyl groups excluding tert-OH is 1. The molecule has 1 fully saturated rings. The molecule has 3 aromatic rings. The lowest BCUT2D eigenvalue weighted by Crippen LogP contribution is -2.29. The molecule has 1 unspecified atom stereocenters. The first-order valence-electron chi connectivity index (χ1n) is 10.6. The number of amides is 1. The number of rotatable bonds is 6. The highest BCUT2D eigenvalue weighted by Crippen LogP contribution is 2.41. The molecule has 1 amide bonds. The molecular formula is C26H24ClNO5. The first-order chi connectivity index (χ1) is 15.8. The first-order valence-corrected chi connectivity index (χ1v) is 11.0. The van der Waals surface area contributed by atoms with Gasteiger partial charge in [0.15, 0.2) is 0 Å². The van der Waals surface area contributed by atoms with Gasteiger partial charge in [-0.25, -0.2) is 0 Å². The third kappa shape index (κ3) is 4.52. The number of hydrogen-bond donors (Lipinski definition) is 1. The molecule has 1 aromatic heterocycles. The van der Waals surface area contributed by atoms with Crippen molar-refractivity contribution in [1.82, 2.24) is 4.90 Å². The number of ketones is 1. The van der Waals surface area contributed by atoms with Crippen molar-refractivity contribution in [2.24, 2.45) is 0 Å². The van der Waals surface area contributed by atoms with E-state index in [1.807, 2.05) is 20.8 Å². The summed E-state index contributed by atoms with van der Waals surface area (Å²) >= 11 is 6.05. The average Bonchev–Trinajstić information content (AvgIpc) is 3.37. The molecule has 0 bridgehead atoms. The second-order valence-electron chi connectivity index (χ2n) is 8.20. The summed E-state index contributed by atoms with van der Waals surface area (Å²) in [5.41, 5.74) is 1.91. The summed E-state index contributed by atoms with van der Waals surface area (Å²) in [6.07, 6.45) is 1.51. The zero-order valence-electron chi connectivity index (χ0n) is 18.5. The number of carbonyl (C=O) groups is 2. The Morgan fingerprint density at radius 1 is 1.15 bits per heavy atom. The minimum Gasteiger partial charge on any atom is -0.507 e. The van der Waals surface area contributed by atoms with Gasteiger partial charge in [-0.05, 0) is 74.4 Å². The number of carbonyl (C=O) groups excluding carboxylic acids is 2. The Balaban J connectivity index is 1.82. The van der Waals surface area contributed by atoms with E-state index in [9.17, 15) is 14.7 Å². The van der Waals surface area contributed by atoms with Crippen LogP contribution < -0.4 is 4.74 Å². The van der Waals surface area contributed by atoms with E-state index in [2.05, 4.69) is 0 Å². The summed E-state index contributed by atoms with van der Waals surface area (Å²) < 4.78 is 11.2. The van der Waals surface area contributed by atoms with Crippen molar-refractivity contribution >= 4 is 29.1 Å². The van der Waals surface area contributed by atoms with Gasteiger partial charge in [0.05, 0.1) is 30.5 Å². The van der Waals surface area contributed by atoms with Crippen molar-refractivity contribution in [1.29, 1.82) is 0 Å². The Morgan fingerprint density at radius 2 is 1.88 bits per heavy atom. The van der Waals surface area contributed by atoms with Crippen LogP contribution in [0.3, 0.4) is 0 Å². The van der Waals surface area contributed by atoms with Crippen LogP contribution in [-0.2, 0) is 16.1 Å². The average molecular weight is 466 g/mol. The second kappa shape index (κ2) is 9.16. The minimum atomic E-state index is -0.792. The summed E-state index contributed by atoms with van der Waals surface area (Å²) in [7, 11) is 0. The second-order valence-corrected chi connectivity index (χ2v) is 8.64. The standard InChI is InChI=1S/C26H24ClNO5/c1-15(2)33-21-11-8-18(13-16(21)3)24(29)22-23(17-6-9-19(27)10-7-17)28(26(31)25(22)30)14-20-5-4-12-32-20/h4-13,15,23,29H,14H2,1-3H3/b24-22-. The molecular weight excluding hydrogens is 442 g/mol. The highest BCUT2D eigenvalue weighted by molar-refractivity contribution is 6.46. The zero-order chi connectivity index (χ0) is 23.7. The molecule has 1 atom stereocenters. The predicted molar refractivity (Wildman–Crippen MR) is 125 cm³/mol. The number of hydrogen-bond acceptors (Lipinski definition) is 5. The fourth-order valence-electron chi connectivity index (χ4n) is 3.94. The normalized spacial score (nSPS) is 17.7. The quantitative estimate of drug-likeness (QED) is 0.289. The molecule has 6 nitrogen and oxygen atoms in total. The van der Waals surface area contributed by atoms with Gasteiger partial charge in [0.25, 0.3) is 11.7 Å². The molecule has 2 heterocycles. The number of aliphatic hydroxyl groups is 1. The molecule has 0 aliphatic carbocycles. The lowest BCUT2D eigenvalue weighted by molar-refractivity contribution is -0.140. The monoisotopic (exact) mass is 465 g/mol. The third-order valence-electron chi connectivity index (χ3n) is 5.44. The fraction of sp³-hybridized carbons (Fsp3) is 0.231. The van der Waals surface area contributed by atoms with Gasteiger partial charge in [-0.2, -0.15) is 0 Å². The predicted octanol–water partition coefficient (Wildman–Crippen LogP) is 5.65. The number of halogens is 1. The van der Waals surface area contributed by atoms with Crippen LogP contribution in [0.2, 0.25) is 5.02 Å². The SMILES string of the molecule is Cc1cc(/C(O)=C2/C(=O)C(=O)N(Cc3ccco3)C2c2ccc(Cl)cc2)ccc1OC(C)C. The number of Topliss-reactive ketones (excluding diaryl/α,β-unsaturated/α-hetero) is 1. The van der Waals surface area contributed by atoms with Crippen LogP contribution in [0.25, 0.3) is 5.76 Å². The Labute approximate surface area is 197 Å². The maximum Gasteiger partial charge on any atom is 0.296 e. The largest absolute Gasteiger partial charge is 0.507 e. The lowest BCUT2D eigenvalue weighted by atomic mass is 9.94. The van der Waals surface area contributed by atoms with Crippen LogP contribution in [0.5, 0.6) is 5.75 Å². The van der Waals surface area contributed by atoms with Crippen molar-refractivity contribution in [3.63, 3.8) is 0 Å². The summed E-state index contributed by atoms with van der Waals surface area (Å²) in [5, 5.41) is 11.8. The van der Waals surface area contributed by atoms with Crippen molar-refractivity contribution in [2.75, 3.05) is 0 Å². The summed E-state index contributed by atoms with van der Waals surface area (Å²) in [6.45, 7) is 5.81. The molecule has 0 radical (unpaired) electrons. The maximum atomic E-state index is 13.1. The van der Waals surface area contributed by atoms with Gasteiger partial charge in [-0.3, -0.25) is 9.59 Å². The topological polar surface area (TPSA) is 80.0 Å². The van der Waals surface area contributed by atoms with Crippen LogP contribution >= 0.6 is 11.6 Å².